The number of carbonyl (C=O) groups is 3. The molecule has 1 amide bonds. The molecule has 1 aliphatic rings. The Hall–Kier alpha value is -4.00. The highest BCUT2D eigenvalue weighted by molar-refractivity contribution is 5.96. The number of halogens is 1. The zero-order chi connectivity index (χ0) is 26.0. The zero-order valence-electron chi connectivity index (χ0n) is 20.6. The van der Waals surface area contributed by atoms with Gasteiger partial charge >= 0.3 is 12.1 Å². The topological polar surface area (TPSA) is 72.9 Å². The van der Waals surface area contributed by atoms with Gasteiger partial charge in [0.2, 0.25) is 0 Å². The van der Waals surface area contributed by atoms with E-state index in [0.717, 1.165) is 11.1 Å². The van der Waals surface area contributed by atoms with Crippen molar-refractivity contribution in [3.63, 3.8) is 0 Å². The number of hydrogen-bond donors (Lipinski definition) is 0. The minimum absolute atomic E-state index is 0.0526. The van der Waals surface area contributed by atoms with E-state index < -0.39 is 18.1 Å². The Balaban J connectivity index is 1.38. The zero-order valence-corrected chi connectivity index (χ0v) is 20.6. The molecular weight excluding hydrogens is 473 g/mol. The van der Waals surface area contributed by atoms with E-state index in [4.69, 9.17) is 9.47 Å². The lowest BCUT2D eigenvalue weighted by Crippen LogP contribution is -2.50. The van der Waals surface area contributed by atoms with Crippen molar-refractivity contribution < 1.29 is 28.2 Å². The van der Waals surface area contributed by atoms with Crippen LogP contribution >= 0.6 is 0 Å². The normalized spacial score (nSPS) is 17.2. The number of amides is 1. The van der Waals surface area contributed by atoms with Crippen LogP contribution in [-0.4, -0.2) is 35.3 Å². The number of hydrogen-bond acceptors (Lipinski definition) is 5. The molecule has 1 saturated heterocycles. The number of ketones is 1. The second kappa shape index (κ2) is 12.8. The number of rotatable bonds is 9. The second-order valence-electron chi connectivity index (χ2n) is 9.20. The number of piperidine rings is 1. The second-order valence-corrected chi connectivity index (χ2v) is 9.20. The highest BCUT2D eigenvalue weighted by Crippen LogP contribution is 2.29. The molecule has 192 valence electrons. The predicted molar refractivity (Wildman–Crippen MR) is 136 cm³/mol. The van der Waals surface area contributed by atoms with Crippen LogP contribution in [0.1, 0.15) is 47.2 Å². The molecule has 0 bridgehead atoms. The van der Waals surface area contributed by atoms with Gasteiger partial charge in [0.15, 0.2) is 5.78 Å². The van der Waals surface area contributed by atoms with E-state index in [2.05, 4.69) is 0 Å². The third-order valence-corrected chi connectivity index (χ3v) is 6.59. The van der Waals surface area contributed by atoms with Crippen molar-refractivity contribution in [3.05, 3.63) is 107 Å². The Morgan fingerprint density at radius 3 is 2.03 bits per heavy atom. The first-order valence-corrected chi connectivity index (χ1v) is 12.5. The molecule has 6 nitrogen and oxygen atoms in total. The number of likely N-dealkylation sites (tertiary alicyclic amines) is 1. The van der Waals surface area contributed by atoms with E-state index in [-0.39, 0.29) is 37.2 Å². The molecule has 0 aromatic heterocycles. The number of nitrogens with zero attached hydrogens (tertiary/aromatic N) is 1. The Morgan fingerprint density at radius 2 is 1.41 bits per heavy atom. The van der Waals surface area contributed by atoms with Gasteiger partial charge in [0, 0.05) is 18.5 Å². The Kier molecular flexibility index (Phi) is 9.03. The maximum atomic E-state index is 13.2. The monoisotopic (exact) mass is 503 g/mol. The van der Waals surface area contributed by atoms with E-state index in [0.29, 0.717) is 31.4 Å². The first-order valence-electron chi connectivity index (χ1n) is 12.5. The van der Waals surface area contributed by atoms with Gasteiger partial charge in [-0.05, 0) is 60.6 Å². The molecule has 0 aliphatic carbocycles. The summed E-state index contributed by atoms with van der Waals surface area (Å²) >= 11 is 0. The van der Waals surface area contributed by atoms with Gasteiger partial charge in [0.05, 0.1) is 0 Å². The number of carbonyl (C=O) groups excluding carboxylic acids is 3. The lowest BCUT2D eigenvalue weighted by Gasteiger charge is -2.37. The van der Waals surface area contributed by atoms with Crippen LogP contribution < -0.4 is 0 Å². The van der Waals surface area contributed by atoms with Crippen LogP contribution in [0.4, 0.5) is 9.18 Å². The molecule has 0 saturated carbocycles. The van der Waals surface area contributed by atoms with Crippen LogP contribution in [0.3, 0.4) is 0 Å². The number of esters is 1. The molecule has 3 aromatic carbocycles. The molecule has 1 fully saturated rings. The van der Waals surface area contributed by atoms with Gasteiger partial charge in [-0.15, -0.1) is 0 Å². The van der Waals surface area contributed by atoms with Crippen LogP contribution in [0.25, 0.3) is 0 Å². The molecule has 2 unspecified atom stereocenters. The Morgan fingerprint density at radius 1 is 0.811 bits per heavy atom. The largest absolute Gasteiger partial charge is 0.459 e. The van der Waals surface area contributed by atoms with Crippen LogP contribution in [0.2, 0.25) is 0 Å². The van der Waals surface area contributed by atoms with Gasteiger partial charge in [-0.25, -0.2) is 14.0 Å². The Labute approximate surface area is 216 Å². The minimum atomic E-state index is -0.799. The molecule has 7 heteroatoms. The van der Waals surface area contributed by atoms with Crippen molar-refractivity contribution in [1.29, 1.82) is 0 Å². The molecule has 0 spiro atoms. The maximum absolute atomic E-state index is 13.2. The number of ether oxygens (including phenoxy) is 2. The van der Waals surface area contributed by atoms with Crippen LogP contribution in [-0.2, 0) is 27.5 Å². The van der Waals surface area contributed by atoms with E-state index in [1.807, 2.05) is 60.7 Å². The fraction of sp³-hybridized carbons (Fsp3) is 0.300. The molecule has 1 aliphatic heterocycles. The summed E-state index contributed by atoms with van der Waals surface area (Å²) in [5.74, 6) is -0.903. The van der Waals surface area contributed by atoms with Crippen LogP contribution in [0.5, 0.6) is 0 Å². The molecule has 3 aromatic rings. The van der Waals surface area contributed by atoms with Gasteiger partial charge < -0.3 is 9.47 Å². The predicted octanol–water partition coefficient (Wildman–Crippen LogP) is 5.95. The van der Waals surface area contributed by atoms with Crippen LogP contribution in [0.15, 0.2) is 84.9 Å². The average molecular weight is 504 g/mol. The fourth-order valence-corrected chi connectivity index (χ4v) is 4.48. The van der Waals surface area contributed by atoms with Gasteiger partial charge in [-0.3, -0.25) is 9.69 Å². The maximum Gasteiger partial charge on any atom is 0.410 e. The fourth-order valence-electron chi connectivity index (χ4n) is 4.48. The molecule has 1 heterocycles. The van der Waals surface area contributed by atoms with Gasteiger partial charge in [-0.2, -0.15) is 0 Å². The van der Waals surface area contributed by atoms with E-state index in [1.54, 1.807) is 0 Å². The summed E-state index contributed by atoms with van der Waals surface area (Å²) in [6.45, 7) is 0.544. The van der Waals surface area contributed by atoms with Gasteiger partial charge in [-0.1, -0.05) is 60.7 Å². The summed E-state index contributed by atoms with van der Waals surface area (Å²) in [4.78, 5) is 40.1. The standard InChI is InChI=1S/C30H30FNO5/c31-26-14-12-25(13-15-26)28(33)16-11-22-17-18-32(30(35)37-21-24-9-5-2-6-10-24)27(19-22)29(34)36-20-23-7-3-1-4-8-23/h1-10,12-15,22,27H,11,16-21H2. The number of benzene rings is 3. The summed E-state index contributed by atoms with van der Waals surface area (Å²) in [5, 5.41) is 0. The summed E-state index contributed by atoms with van der Waals surface area (Å²) in [6.07, 6.45) is 1.29. The smallest absolute Gasteiger partial charge is 0.410 e. The highest BCUT2D eigenvalue weighted by atomic mass is 19.1. The lowest BCUT2D eigenvalue weighted by molar-refractivity contribution is -0.153. The molecule has 4 rings (SSSR count). The van der Waals surface area contributed by atoms with Crippen molar-refractivity contribution in [2.45, 2.75) is 44.9 Å². The molecule has 0 N–H and O–H groups in total. The van der Waals surface area contributed by atoms with Crippen molar-refractivity contribution in [3.8, 4) is 0 Å². The SMILES string of the molecule is O=C(CCC1CCN(C(=O)OCc2ccccc2)C(C(=O)OCc2ccccc2)C1)c1ccc(F)cc1. The first kappa shape index (κ1) is 26.1. The lowest BCUT2D eigenvalue weighted by atomic mass is 9.86. The Bertz CT molecular complexity index is 1180. The summed E-state index contributed by atoms with van der Waals surface area (Å²) in [7, 11) is 0. The quantitative estimate of drug-likeness (QED) is 0.267. The molecule has 0 radical (unpaired) electrons. The highest BCUT2D eigenvalue weighted by Gasteiger charge is 2.38. The summed E-state index contributed by atoms with van der Waals surface area (Å²) < 4.78 is 24.3. The minimum Gasteiger partial charge on any atom is -0.459 e. The molecule has 2 atom stereocenters. The van der Waals surface area contributed by atoms with Crippen molar-refractivity contribution in [2.75, 3.05) is 6.54 Å². The third-order valence-electron chi connectivity index (χ3n) is 6.59. The van der Waals surface area contributed by atoms with Crippen molar-refractivity contribution in [2.24, 2.45) is 5.92 Å². The van der Waals surface area contributed by atoms with Crippen molar-refractivity contribution in [1.82, 2.24) is 4.90 Å². The van der Waals surface area contributed by atoms with Crippen LogP contribution in [0, 0.1) is 11.7 Å². The van der Waals surface area contributed by atoms with E-state index in [9.17, 15) is 18.8 Å². The number of Topliss-reactive ketones (excluding diaryl/α,β-unsaturated/α-hetero) is 1. The van der Waals surface area contributed by atoms with Gasteiger partial charge in [0.1, 0.15) is 25.1 Å². The average Bonchev–Trinajstić information content (AvgIpc) is 2.94. The van der Waals surface area contributed by atoms with E-state index in [1.165, 1.54) is 29.2 Å². The summed E-state index contributed by atoms with van der Waals surface area (Å²) in [5.41, 5.74) is 2.17. The summed E-state index contributed by atoms with van der Waals surface area (Å²) in [6, 6.07) is 23.4. The molecular formula is C30H30FNO5. The molecule has 37 heavy (non-hydrogen) atoms. The van der Waals surface area contributed by atoms with E-state index >= 15 is 0 Å². The van der Waals surface area contributed by atoms with Gasteiger partial charge in [0.25, 0.3) is 0 Å². The third kappa shape index (κ3) is 7.49. The first-order chi connectivity index (χ1) is 18.0. The van der Waals surface area contributed by atoms with Crippen molar-refractivity contribution >= 4 is 17.8 Å².